The van der Waals surface area contributed by atoms with E-state index in [0.29, 0.717) is 0 Å². The third kappa shape index (κ3) is 8.80. The smallest absolute Gasteiger partial charge is 0.127 e. The van der Waals surface area contributed by atoms with Gasteiger partial charge in [-0.05, 0) is 13.3 Å². The van der Waals surface area contributed by atoms with Crippen molar-refractivity contribution in [3.63, 3.8) is 0 Å². The highest BCUT2D eigenvalue weighted by Crippen LogP contribution is 2.55. The van der Waals surface area contributed by atoms with Gasteiger partial charge in [0.1, 0.15) is 13.6 Å². The van der Waals surface area contributed by atoms with Gasteiger partial charge in [0.05, 0.1) is 0 Å². The van der Waals surface area contributed by atoms with E-state index in [1.165, 1.54) is 0 Å². The summed E-state index contributed by atoms with van der Waals surface area (Å²) in [5.74, 6) is 0. The second kappa shape index (κ2) is 2.81. The summed E-state index contributed by atoms with van der Waals surface area (Å²) in [6.45, 7) is 10.3. The molecule has 0 aliphatic heterocycles. The zero-order chi connectivity index (χ0) is 7.71. The summed E-state index contributed by atoms with van der Waals surface area (Å²) in [7, 11) is 0.569. The van der Waals surface area contributed by atoms with Crippen LogP contribution in [0.5, 0.6) is 0 Å². The Morgan fingerprint density at radius 2 is 1.56 bits per heavy atom. The highest BCUT2D eigenvalue weighted by atomic mass is 32.9. The molecule has 0 heterocycles. The van der Waals surface area contributed by atoms with Gasteiger partial charge in [-0.1, -0.05) is 19.6 Å². The van der Waals surface area contributed by atoms with Gasteiger partial charge in [-0.15, -0.1) is 10.8 Å². The first kappa shape index (κ1) is 9.80. The van der Waals surface area contributed by atoms with Gasteiger partial charge in [0.2, 0.25) is 0 Å². The molecule has 56 valence electrons. The maximum Gasteiger partial charge on any atom is 0.127 e. The number of hydrogen-bond acceptors (Lipinski definition) is 2. The molecule has 0 saturated heterocycles. The van der Waals surface area contributed by atoms with Crippen LogP contribution in [0.3, 0.4) is 0 Å². The van der Waals surface area contributed by atoms with E-state index in [0.717, 1.165) is 0 Å². The molecule has 1 nitrogen and oxygen atoms in total. The normalized spacial score (nSPS) is 13.9. The van der Waals surface area contributed by atoms with E-state index in [1.807, 2.05) is 13.3 Å². The van der Waals surface area contributed by atoms with Crippen molar-refractivity contribution in [3.8, 4) is 0 Å². The molecule has 0 aliphatic carbocycles. The molecule has 0 aromatic heterocycles. The van der Waals surface area contributed by atoms with E-state index in [4.69, 9.17) is 0 Å². The van der Waals surface area contributed by atoms with Crippen molar-refractivity contribution < 1.29 is 4.57 Å². The summed E-state index contributed by atoms with van der Waals surface area (Å²) < 4.78 is 11.2. The lowest BCUT2D eigenvalue weighted by Crippen LogP contribution is -2.12. The molecule has 0 aromatic carbocycles. The van der Waals surface area contributed by atoms with Crippen LogP contribution < -0.4 is 0 Å². The summed E-state index contributed by atoms with van der Waals surface area (Å²) in [5, 5.41) is 0. The van der Waals surface area contributed by atoms with E-state index in [2.05, 4.69) is 19.6 Å². The molecule has 0 amide bonds. The van der Waals surface area contributed by atoms with Gasteiger partial charge in [-0.2, -0.15) is 0 Å². The lowest BCUT2D eigenvalue weighted by molar-refractivity contribution is 0.592. The van der Waals surface area contributed by atoms with Gasteiger partial charge in [0.15, 0.2) is 0 Å². The van der Waals surface area contributed by atoms with Crippen LogP contribution in [-0.4, -0.2) is 20.6 Å². The van der Waals surface area contributed by atoms with Crippen LogP contribution in [0, 0.1) is 0 Å². The Hall–Kier alpha value is 0.797. The minimum atomic E-state index is -1.81. The molecular formula is C5H15OPSSi. The molecule has 0 N–H and O–H groups in total. The Morgan fingerprint density at radius 3 is 1.56 bits per heavy atom. The zero-order valence-electron chi connectivity index (χ0n) is 6.76. The minimum absolute atomic E-state index is 1.14. The second-order valence-corrected chi connectivity index (χ2v) is 18.9. The molecule has 0 radical (unpaired) electrons. The molecule has 0 bridgehead atoms. The molecule has 0 rings (SSSR count). The monoisotopic (exact) mass is 182 g/mol. The van der Waals surface area contributed by atoms with E-state index in [1.54, 1.807) is 10.8 Å². The van der Waals surface area contributed by atoms with Crippen molar-refractivity contribution in [3.05, 3.63) is 0 Å². The molecule has 0 spiro atoms. The van der Waals surface area contributed by atoms with E-state index >= 15 is 0 Å². The van der Waals surface area contributed by atoms with Crippen molar-refractivity contribution in [1.82, 2.24) is 0 Å². The quantitative estimate of drug-likeness (QED) is 0.482. The molecule has 9 heavy (non-hydrogen) atoms. The van der Waals surface area contributed by atoms with Crippen LogP contribution in [0.25, 0.3) is 0 Å². The average Bonchev–Trinajstić information content (AvgIpc) is 1.14. The van der Waals surface area contributed by atoms with E-state index < -0.39 is 13.6 Å². The van der Waals surface area contributed by atoms with Crippen molar-refractivity contribution in [1.29, 1.82) is 0 Å². The highest BCUT2D eigenvalue weighted by molar-refractivity contribution is 8.72. The van der Waals surface area contributed by atoms with Gasteiger partial charge in [0.25, 0.3) is 0 Å². The third-order valence-corrected chi connectivity index (χ3v) is 13.3. The highest BCUT2D eigenvalue weighted by Gasteiger charge is 2.21. The summed E-state index contributed by atoms with van der Waals surface area (Å²) in [4.78, 5) is 0. The topological polar surface area (TPSA) is 17.1 Å². The van der Waals surface area contributed by atoms with Crippen LogP contribution >= 0.6 is 17.2 Å². The van der Waals surface area contributed by atoms with E-state index in [-0.39, 0.29) is 0 Å². The maximum atomic E-state index is 11.2. The average molecular weight is 182 g/mol. The molecule has 0 saturated carbocycles. The van der Waals surface area contributed by atoms with Crippen molar-refractivity contribution in [2.45, 2.75) is 19.6 Å². The van der Waals surface area contributed by atoms with Gasteiger partial charge in [0, 0.05) is 0 Å². The van der Waals surface area contributed by atoms with Crippen molar-refractivity contribution in [2.24, 2.45) is 0 Å². The largest absolute Gasteiger partial charge is 0.313 e. The van der Waals surface area contributed by atoms with Gasteiger partial charge in [-0.3, -0.25) is 0 Å². The molecule has 0 fully saturated rings. The molecule has 0 unspecified atom stereocenters. The molecule has 0 aliphatic rings. The first-order valence-corrected chi connectivity index (χ1v) is 11.2. The fraction of sp³-hybridized carbons (Fsp3) is 1.00. The number of rotatable bonds is 2. The summed E-state index contributed by atoms with van der Waals surface area (Å²) >= 11 is 0. The lowest BCUT2D eigenvalue weighted by Gasteiger charge is -2.17. The Kier molecular flexibility index (Phi) is 3.06. The van der Waals surface area contributed by atoms with Gasteiger partial charge in [-0.25, -0.2) is 0 Å². The van der Waals surface area contributed by atoms with Crippen LogP contribution in [0.15, 0.2) is 0 Å². The molecular weight excluding hydrogens is 167 g/mol. The fourth-order valence-electron chi connectivity index (χ4n) is 0.660. The predicted molar refractivity (Wildman–Crippen MR) is 50.4 cm³/mol. The maximum absolute atomic E-state index is 11.2. The molecule has 0 atom stereocenters. The molecule has 4 heteroatoms. The van der Waals surface area contributed by atoms with Crippen LogP contribution in [0.1, 0.15) is 0 Å². The number of hydrogen-bond donors (Lipinski definition) is 0. The van der Waals surface area contributed by atoms with Gasteiger partial charge < -0.3 is 4.57 Å². The van der Waals surface area contributed by atoms with E-state index in [9.17, 15) is 4.57 Å². The summed E-state index contributed by atoms with van der Waals surface area (Å²) in [6.07, 6.45) is -1.81. The minimum Gasteiger partial charge on any atom is -0.313 e. The summed E-state index contributed by atoms with van der Waals surface area (Å²) in [5.41, 5.74) is 0. The fourth-order valence-corrected chi connectivity index (χ4v) is 17.8. The zero-order valence-corrected chi connectivity index (χ0v) is 9.47. The third-order valence-electron chi connectivity index (χ3n) is 0.494. The first-order valence-electron chi connectivity index (χ1n) is 2.96. The Bertz CT molecular complexity index is 134. The van der Waals surface area contributed by atoms with Crippen LogP contribution in [0.2, 0.25) is 19.6 Å². The first-order chi connectivity index (χ1) is 3.71. The predicted octanol–water partition coefficient (Wildman–Crippen LogP) is 3.09. The van der Waals surface area contributed by atoms with Crippen LogP contribution in [-0.2, 0) is 4.57 Å². The standard InChI is InChI=1S/C5H15OPSSi/c1-7(2,6)8-9(3,4)5/h1-5H3. The Balaban J connectivity index is 3.90. The van der Waals surface area contributed by atoms with Gasteiger partial charge >= 0.3 is 0 Å². The lowest BCUT2D eigenvalue weighted by atomic mass is 11.8. The second-order valence-electron chi connectivity index (χ2n) is 3.46. The Morgan fingerprint density at radius 1 is 1.22 bits per heavy atom. The van der Waals surface area contributed by atoms with Crippen LogP contribution in [0.4, 0.5) is 0 Å². The summed E-state index contributed by atoms with van der Waals surface area (Å²) in [6, 6.07) is 0. The Labute approximate surface area is 62.4 Å². The SMILES string of the molecule is C[Si](C)(C)SP(C)(C)=O. The molecule has 0 aromatic rings. The van der Waals surface area contributed by atoms with Crippen molar-refractivity contribution in [2.75, 3.05) is 13.3 Å². The van der Waals surface area contributed by atoms with Crippen molar-refractivity contribution >= 4 is 24.4 Å².